The minimum Gasteiger partial charge on any atom is -0.344 e. The van der Waals surface area contributed by atoms with Crippen LogP contribution in [0.2, 0.25) is 0 Å². The fraction of sp³-hybridized carbons (Fsp3) is 0.312. The summed E-state index contributed by atoms with van der Waals surface area (Å²) >= 11 is 1.67. The molecule has 19 heavy (non-hydrogen) atoms. The lowest BCUT2D eigenvalue weighted by molar-refractivity contribution is -0.121. The molecule has 0 aliphatic carbocycles. The maximum Gasteiger partial charge on any atom is 0.220 e. The average molecular weight is 273 g/mol. The number of nitrogens with one attached hydrogen (secondary N) is 1. The summed E-state index contributed by atoms with van der Waals surface area (Å²) in [5.74, 6) is 0.0815. The molecule has 2 nitrogen and oxygen atoms in total. The molecule has 1 N–H and O–H groups in total. The van der Waals surface area contributed by atoms with Gasteiger partial charge in [0.25, 0.3) is 0 Å². The normalized spacial score (nSPS) is 12.1. The first-order chi connectivity index (χ1) is 9.24. The van der Waals surface area contributed by atoms with Crippen molar-refractivity contribution in [3.63, 3.8) is 0 Å². The van der Waals surface area contributed by atoms with Gasteiger partial charge in [-0.1, -0.05) is 44.2 Å². The van der Waals surface area contributed by atoms with Gasteiger partial charge < -0.3 is 5.32 Å². The highest BCUT2D eigenvalue weighted by Gasteiger charge is 2.16. The van der Waals surface area contributed by atoms with Gasteiger partial charge in [0.05, 0.1) is 6.04 Å². The summed E-state index contributed by atoms with van der Waals surface area (Å²) in [6.45, 7) is 4.02. The molecule has 1 heterocycles. The van der Waals surface area contributed by atoms with Crippen LogP contribution >= 0.6 is 11.3 Å². The molecule has 0 fully saturated rings. The lowest BCUT2D eigenvalue weighted by Crippen LogP contribution is -2.27. The lowest BCUT2D eigenvalue weighted by Gasteiger charge is -2.18. The fourth-order valence-corrected chi connectivity index (χ4v) is 2.79. The molecule has 0 bridgehead atoms. The second-order valence-corrected chi connectivity index (χ2v) is 5.44. The highest BCUT2D eigenvalue weighted by atomic mass is 32.1. The average Bonchev–Trinajstić information content (AvgIpc) is 2.98. The molecule has 1 unspecified atom stereocenters. The van der Waals surface area contributed by atoms with Crippen LogP contribution in [-0.4, -0.2) is 5.91 Å². The van der Waals surface area contributed by atoms with Crippen LogP contribution in [-0.2, 0) is 11.2 Å². The van der Waals surface area contributed by atoms with E-state index in [2.05, 4.69) is 42.6 Å². The van der Waals surface area contributed by atoms with Crippen molar-refractivity contribution >= 4 is 17.2 Å². The highest BCUT2D eigenvalue weighted by molar-refractivity contribution is 7.10. The van der Waals surface area contributed by atoms with Gasteiger partial charge in [-0.15, -0.1) is 11.3 Å². The van der Waals surface area contributed by atoms with Gasteiger partial charge in [0.15, 0.2) is 0 Å². The minimum atomic E-state index is -0.0293. The van der Waals surface area contributed by atoms with Crippen molar-refractivity contribution in [3.8, 4) is 0 Å². The van der Waals surface area contributed by atoms with E-state index in [0.717, 1.165) is 12.0 Å². The van der Waals surface area contributed by atoms with Crippen LogP contribution in [0.3, 0.4) is 0 Å². The van der Waals surface area contributed by atoms with E-state index in [4.69, 9.17) is 0 Å². The Morgan fingerprint density at radius 2 is 1.95 bits per heavy atom. The van der Waals surface area contributed by atoms with Crippen molar-refractivity contribution in [2.75, 3.05) is 0 Å². The zero-order valence-electron chi connectivity index (χ0n) is 11.3. The van der Waals surface area contributed by atoms with Crippen LogP contribution in [0.15, 0.2) is 41.8 Å². The second-order valence-electron chi connectivity index (χ2n) is 4.46. The third-order valence-corrected chi connectivity index (χ3v) is 4.11. The van der Waals surface area contributed by atoms with Crippen LogP contribution in [0.5, 0.6) is 0 Å². The molecule has 1 aromatic carbocycles. The quantitative estimate of drug-likeness (QED) is 0.878. The van der Waals surface area contributed by atoms with Gasteiger partial charge in [0.1, 0.15) is 0 Å². The number of benzene rings is 1. The Bertz CT molecular complexity index is 516. The Hall–Kier alpha value is -1.61. The van der Waals surface area contributed by atoms with E-state index in [1.165, 1.54) is 10.4 Å². The smallest absolute Gasteiger partial charge is 0.220 e. The molecule has 0 spiro atoms. The summed E-state index contributed by atoms with van der Waals surface area (Å²) in [7, 11) is 0. The number of hydrogen-bond acceptors (Lipinski definition) is 2. The van der Waals surface area contributed by atoms with Crippen molar-refractivity contribution in [1.82, 2.24) is 5.32 Å². The van der Waals surface area contributed by atoms with Crippen molar-refractivity contribution in [3.05, 3.63) is 57.8 Å². The third-order valence-electron chi connectivity index (χ3n) is 3.18. The number of hydrogen-bond donors (Lipinski definition) is 1. The van der Waals surface area contributed by atoms with Crippen LogP contribution in [0.25, 0.3) is 0 Å². The van der Waals surface area contributed by atoms with E-state index in [9.17, 15) is 4.79 Å². The van der Waals surface area contributed by atoms with Gasteiger partial charge >= 0.3 is 0 Å². The van der Waals surface area contributed by atoms with Gasteiger partial charge in [-0.05, 0) is 29.0 Å². The lowest BCUT2D eigenvalue weighted by atomic mass is 10.0. The molecule has 1 amide bonds. The SMILES string of the molecule is CCC(=O)NC(c1ccc(CC)cc1)c1cccs1. The van der Waals surface area contributed by atoms with Gasteiger partial charge in [0, 0.05) is 11.3 Å². The first kappa shape index (κ1) is 13.8. The van der Waals surface area contributed by atoms with Gasteiger partial charge in [-0.25, -0.2) is 0 Å². The summed E-state index contributed by atoms with van der Waals surface area (Å²) in [5, 5.41) is 5.14. The van der Waals surface area contributed by atoms with E-state index >= 15 is 0 Å². The van der Waals surface area contributed by atoms with E-state index < -0.39 is 0 Å². The monoisotopic (exact) mass is 273 g/mol. The van der Waals surface area contributed by atoms with Crippen molar-refractivity contribution in [2.24, 2.45) is 0 Å². The molecule has 2 aromatic rings. The second kappa shape index (κ2) is 6.53. The standard InChI is InChI=1S/C16H19NOS/c1-3-12-7-9-13(10-8-12)16(17-15(18)4-2)14-6-5-11-19-14/h5-11,16H,3-4H2,1-2H3,(H,17,18). The number of rotatable bonds is 5. The molecule has 0 aliphatic rings. The molecule has 100 valence electrons. The molecular formula is C16H19NOS. The minimum absolute atomic E-state index is 0.0293. The number of carbonyl (C=O) groups is 1. The zero-order valence-corrected chi connectivity index (χ0v) is 12.2. The predicted molar refractivity (Wildman–Crippen MR) is 80.4 cm³/mol. The Morgan fingerprint density at radius 3 is 2.47 bits per heavy atom. The van der Waals surface area contributed by atoms with Crippen LogP contribution in [0, 0.1) is 0 Å². The molecule has 3 heteroatoms. The summed E-state index contributed by atoms with van der Waals surface area (Å²) < 4.78 is 0. The van der Waals surface area contributed by atoms with Crippen LogP contribution < -0.4 is 5.32 Å². The summed E-state index contributed by atoms with van der Waals surface area (Å²) in [6.07, 6.45) is 1.54. The van der Waals surface area contributed by atoms with E-state index in [1.54, 1.807) is 11.3 Å². The van der Waals surface area contributed by atoms with Gasteiger partial charge in [-0.2, -0.15) is 0 Å². The molecule has 0 saturated heterocycles. The van der Waals surface area contributed by atoms with E-state index in [0.29, 0.717) is 6.42 Å². The number of amides is 1. The molecule has 1 aromatic heterocycles. The Morgan fingerprint density at radius 1 is 1.21 bits per heavy atom. The van der Waals surface area contributed by atoms with E-state index in [1.807, 2.05) is 18.4 Å². The van der Waals surface area contributed by atoms with Crippen molar-refractivity contribution in [1.29, 1.82) is 0 Å². The molecular weight excluding hydrogens is 254 g/mol. The van der Waals surface area contributed by atoms with Crippen molar-refractivity contribution < 1.29 is 4.79 Å². The first-order valence-corrected chi connectivity index (χ1v) is 7.54. The van der Waals surface area contributed by atoms with E-state index in [-0.39, 0.29) is 11.9 Å². The van der Waals surface area contributed by atoms with Crippen LogP contribution in [0.1, 0.15) is 42.3 Å². The Labute approximate surface area is 118 Å². The fourth-order valence-electron chi connectivity index (χ4n) is 1.98. The maximum atomic E-state index is 11.7. The molecule has 0 aliphatic heterocycles. The van der Waals surface area contributed by atoms with Gasteiger partial charge in [0.2, 0.25) is 5.91 Å². The molecule has 0 radical (unpaired) electrons. The summed E-state index contributed by atoms with van der Waals surface area (Å²) in [6, 6.07) is 12.5. The third kappa shape index (κ3) is 3.44. The zero-order chi connectivity index (χ0) is 13.7. The number of aryl methyl sites for hydroxylation is 1. The first-order valence-electron chi connectivity index (χ1n) is 6.66. The highest BCUT2D eigenvalue weighted by Crippen LogP contribution is 2.26. The number of thiophene rings is 1. The largest absolute Gasteiger partial charge is 0.344 e. The van der Waals surface area contributed by atoms with Gasteiger partial charge in [-0.3, -0.25) is 4.79 Å². The molecule has 2 rings (SSSR count). The summed E-state index contributed by atoms with van der Waals surface area (Å²) in [5.41, 5.74) is 2.46. The maximum absolute atomic E-state index is 11.7. The van der Waals surface area contributed by atoms with Crippen molar-refractivity contribution in [2.45, 2.75) is 32.7 Å². The topological polar surface area (TPSA) is 29.1 Å². The van der Waals surface area contributed by atoms with Crippen LogP contribution in [0.4, 0.5) is 0 Å². The summed E-state index contributed by atoms with van der Waals surface area (Å²) in [4.78, 5) is 12.9. The number of carbonyl (C=O) groups excluding carboxylic acids is 1. The Balaban J connectivity index is 2.28. The Kier molecular flexibility index (Phi) is 4.74. The predicted octanol–water partition coefficient (Wildman–Crippen LogP) is 3.93. The molecule has 0 saturated carbocycles. The molecule has 1 atom stereocenters.